The van der Waals surface area contributed by atoms with Crippen LogP contribution in [0.5, 0.6) is 0 Å². The van der Waals surface area contributed by atoms with Crippen LogP contribution < -0.4 is 11.1 Å². The molecule has 0 bridgehead atoms. The fraction of sp³-hybridized carbons (Fsp3) is 0.308. The van der Waals surface area contributed by atoms with Crippen LogP contribution in [0.4, 0.5) is 0 Å². The number of primary amides is 1. The number of benzene rings is 1. The van der Waals surface area contributed by atoms with E-state index in [-0.39, 0.29) is 6.42 Å². The molecule has 0 saturated heterocycles. The summed E-state index contributed by atoms with van der Waals surface area (Å²) in [7, 11) is 0. The molecule has 1 atom stereocenters. The third kappa shape index (κ3) is 5.27. The summed E-state index contributed by atoms with van der Waals surface area (Å²) in [5, 5.41) is 2.88. The van der Waals surface area contributed by atoms with Crippen molar-refractivity contribution >= 4 is 29.4 Å². The molecule has 1 rings (SSSR count). The number of nitrogens with two attached hydrogens (primary N) is 1. The molecule has 0 radical (unpaired) electrons. The molecular weight excluding hydrogens is 284 g/mol. The Kier molecular flexibility index (Phi) is 5.99. The lowest BCUT2D eigenvalue weighted by Crippen LogP contribution is -2.47. The first-order chi connectivity index (χ1) is 9.40. The van der Waals surface area contributed by atoms with E-state index in [9.17, 15) is 14.4 Å². The Bertz CT molecular complexity index is 519. The standard InChI is InChI=1S/C13H15ClN2O4/c1-8(17)20-7-12(18)16-11(13(15)19)6-9-4-2-3-5-10(9)14/h2-5,11H,6-7H2,1H3,(H2,15,19)(H,16,18)/t11-/m0/s1. The van der Waals surface area contributed by atoms with Gasteiger partial charge in [-0.1, -0.05) is 29.8 Å². The zero-order valence-electron chi connectivity index (χ0n) is 10.9. The van der Waals surface area contributed by atoms with Gasteiger partial charge in [0.2, 0.25) is 5.91 Å². The SMILES string of the molecule is CC(=O)OCC(=O)N[C@@H](Cc1ccccc1Cl)C(N)=O. The normalized spacial score (nSPS) is 11.5. The summed E-state index contributed by atoms with van der Waals surface area (Å²) < 4.78 is 4.53. The molecule has 0 aromatic heterocycles. The number of amides is 2. The molecule has 0 saturated carbocycles. The Morgan fingerprint density at radius 3 is 2.55 bits per heavy atom. The van der Waals surface area contributed by atoms with E-state index in [0.29, 0.717) is 10.6 Å². The van der Waals surface area contributed by atoms with Crippen molar-refractivity contribution in [1.29, 1.82) is 0 Å². The number of hydrogen-bond donors (Lipinski definition) is 2. The molecule has 0 heterocycles. The van der Waals surface area contributed by atoms with Crippen molar-refractivity contribution in [3.63, 3.8) is 0 Å². The van der Waals surface area contributed by atoms with E-state index >= 15 is 0 Å². The second-order valence-corrected chi connectivity index (χ2v) is 4.51. The van der Waals surface area contributed by atoms with Gasteiger partial charge in [0, 0.05) is 18.4 Å². The fourth-order valence-electron chi connectivity index (χ4n) is 1.51. The van der Waals surface area contributed by atoms with Crippen molar-refractivity contribution in [3.05, 3.63) is 34.9 Å². The number of halogens is 1. The minimum atomic E-state index is -0.919. The van der Waals surface area contributed by atoms with Gasteiger partial charge >= 0.3 is 5.97 Å². The van der Waals surface area contributed by atoms with Crippen molar-refractivity contribution < 1.29 is 19.1 Å². The summed E-state index contributed by atoms with van der Waals surface area (Å²) >= 11 is 5.98. The zero-order chi connectivity index (χ0) is 15.1. The maximum atomic E-state index is 11.5. The molecule has 0 spiro atoms. The van der Waals surface area contributed by atoms with E-state index in [1.807, 2.05) is 0 Å². The first-order valence-corrected chi connectivity index (χ1v) is 6.23. The molecule has 0 aliphatic rings. The molecule has 3 N–H and O–H groups in total. The van der Waals surface area contributed by atoms with E-state index in [0.717, 1.165) is 0 Å². The number of nitrogens with one attached hydrogen (secondary N) is 1. The summed E-state index contributed by atoms with van der Waals surface area (Å²) in [6.45, 7) is 0.726. The van der Waals surface area contributed by atoms with Crippen molar-refractivity contribution in [2.45, 2.75) is 19.4 Å². The lowest BCUT2D eigenvalue weighted by atomic mass is 10.1. The number of carbonyl (C=O) groups is 3. The second kappa shape index (κ2) is 7.49. The maximum absolute atomic E-state index is 11.5. The highest BCUT2D eigenvalue weighted by Crippen LogP contribution is 2.16. The van der Waals surface area contributed by atoms with E-state index in [1.54, 1.807) is 24.3 Å². The molecular formula is C13H15ClN2O4. The number of esters is 1. The molecule has 6 nitrogen and oxygen atoms in total. The average Bonchev–Trinajstić information content (AvgIpc) is 2.38. The largest absolute Gasteiger partial charge is 0.456 e. The second-order valence-electron chi connectivity index (χ2n) is 4.10. The van der Waals surface area contributed by atoms with Crippen LogP contribution in [0, 0.1) is 0 Å². The Morgan fingerprint density at radius 1 is 1.35 bits per heavy atom. The quantitative estimate of drug-likeness (QED) is 0.743. The fourth-order valence-corrected chi connectivity index (χ4v) is 1.72. The van der Waals surface area contributed by atoms with Crippen molar-refractivity contribution in [2.24, 2.45) is 5.73 Å². The number of ether oxygens (including phenoxy) is 1. The molecule has 20 heavy (non-hydrogen) atoms. The number of hydrogen-bond acceptors (Lipinski definition) is 4. The summed E-state index contributed by atoms with van der Waals surface area (Å²) in [4.78, 5) is 33.4. The van der Waals surface area contributed by atoms with Crippen LogP contribution in [0.3, 0.4) is 0 Å². The molecule has 1 aromatic rings. The highest BCUT2D eigenvalue weighted by atomic mass is 35.5. The first-order valence-electron chi connectivity index (χ1n) is 5.85. The Hall–Kier alpha value is -2.08. The van der Waals surface area contributed by atoms with Crippen molar-refractivity contribution in [2.75, 3.05) is 6.61 Å². The Balaban J connectivity index is 2.66. The van der Waals surface area contributed by atoms with Gasteiger partial charge in [-0.2, -0.15) is 0 Å². The zero-order valence-corrected chi connectivity index (χ0v) is 11.6. The Labute approximate surface area is 121 Å². The van der Waals surface area contributed by atoms with Gasteiger partial charge < -0.3 is 15.8 Å². The predicted molar refractivity (Wildman–Crippen MR) is 72.9 cm³/mol. The molecule has 0 aliphatic heterocycles. The van der Waals surface area contributed by atoms with Crippen molar-refractivity contribution in [3.8, 4) is 0 Å². The number of carbonyl (C=O) groups excluding carboxylic acids is 3. The third-order valence-corrected chi connectivity index (χ3v) is 2.84. The average molecular weight is 299 g/mol. The minimum Gasteiger partial charge on any atom is -0.456 e. The molecule has 0 unspecified atom stereocenters. The monoisotopic (exact) mass is 298 g/mol. The highest BCUT2D eigenvalue weighted by molar-refractivity contribution is 6.31. The van der Waals surface area contributed by atoms with Gasteiger partial charge in [-0.05, 0) is 11.6 Å². The van der Waals surface area contributed by atoms with E-state index in [2.05, 4.69) is 10.1 Å². The predicted octanol–water partition coefficient (Wildman–Crippen LogP) is 0.416. The summed E-state index contributed by atoms with van der Waals surface area (Å²) in [5.41, 5.74) is 5.92. The Morgan fingerprint density at radius 2 is 2.00 bits per heavy atom. The van der Waals surface area contributed by atoms with E-state index < -0.39 is 30.4 Å². The van der Waals surface area contributed by atoms with Crippen LogP contribution in [0.15, 0.2) is 24.3 Å². The van der Waals surface area contributed by atoms with Gasteiger partial charge in [0.25, 0.3) is 5.91 Å². The summed E-state index contributed by atoms with van der Waals surface area (Å²) in [6.07, 6.45) is 0.167. The molecule has 7 heteroatoms. The first kappa shape index (κ1) is 16.0. The van der Waals surface area contributed by atoms with E-state index in [1.165, 1.54) is 6.92 Å². The highest BCUT2D eigenvalue weighted by Gasteiger charge is 2.20. The number of rotatable bonds is 6. The molecule has 0 fully saturated rings. The maximum Gasteiger partial charge on any atom is 0.303 e. The van der Waals surface area contributed by atoms with Crippen molar-refractivity contribution in [1.82, 2.24) is 5.32 Å². The minimum absolute atomic E-state index is 0.167. The molecule has 1 aromatic carbocycles. The molecule has 0 aliphatic carbocycles. The van der Waals surface area contributed by atoms with Gasteiger partial charge in [0.1, 0.15) is 6.04 Å². The topological polar surface area (TPSA) is 98.5 Å². The van der Waals surface area contributed by atoms with Crippen LogP contribution in [-0.4, -0.2) is 30.4 Å². The van der Waals surface area contributed by atoms with Crippen LogP contribution in [-0.2, 0) is 25.5 Å². The van der Waals surface area contributed by atoms with Crippen LogP contribution in [0.2, 0.25) is 5.02 Å². The molecule has 2 amide bonds. The third-order valence-electron chi connectivity index (χ3n) is 2.47. The summed E-state index contributed by atoms with van der Waals surface area (Å²) in [5.74, 6) is -1.88. The van der Waals surface area contributed by atoms with Gasteiger partial charge in [-0.25, -0.2) is 0 Å². The van der Waals surface area contributed by atoms with Gasteiger partial charge in [-0.3, -0.25) is 14.4 Å². The molecule has 108 valence electrons. The van der Waals surface area contributed by atoms with Gasteiger partial charge in [-0.15, -0.1) is 0 Å². The van der Waals surface area contributed by atoms with Crippen LogP contribution >= 0.6 is 11.6 Å². The van der Waals surface area contributed by atoms with Gasteiger partial charge in [0.05, 0.1) is 0 Å². The lowest BCUT2D eigenvalue weighted by Gasteiger charge is -2.16. The smallest absolute Gasteiger partial charge is 0.303 e. The summed E-state index contributed by atoms with van der Waals surface area (Å²) in [6, 6.07) is 6.01. The lowest BCUT2D eigenvalue weighted by molar-refractivity contribution is -0.146. The van der Waals surface area contributed by atoms with Crippen LogP contribution in [0.1, 0.15) is 12.5 Å². The van der Waals surface area contributed by atoms with Gasteiger partial charge in [0.15, 0.2) is 6.61 Å². The van der Waals surface area contributed by atoms with E-state index in [4.69, 9.17) is 17.3 Å². The van der Waals surface area contributed by atoms with Crippen LogP contribution in [0.25, 0.3) is 0 Å².